The van der Waals surface area contributed by atoms with Gasteiger partial charge in [-0.2, -0.15) is 0 Å². The number of hydrogen-bond donors (Lipinski definition) is 1. The van der Waals surface area contributed by atoms with E-state index in [0.717, 1.165) is 6.42 Å². The molecule has 0 aliphatic carbocycles. The van der Waals surface area contributed by atoms with Gasteiger partial charge in [0.1, 0.15) is 0 Å². The highest BCUT2D eigenvalue weighted by Crippen LogP contribution is 2.07. The van der Waals surface area contributed by atoms with Crippen LogP contribution < -0.4 is 5.73 Å². The van der Waals surface area contributed by atoms with Crippen LogP contribution in [0.25, 0.3) is 0 Å². The van der Waals surface area contributed by atoms with Gasteiger partial charge in [-0.3, -0.25) is 4.79 Å². The Bertz CT molecular complexity index is 241. The highest BCUT2D eigenvalue weighted by molar-refractivity contribution is 5.91. The van der Waals surface area contributed by atoms with Crippen LogP contribution in [-0.2, 0) is 4.79 Å². The summed E-state index contributed by atoms with van der Waals surface area (Å²) < 4.78 is 0. The first-order chi connectivity index (χ1) is 7.68. The van der Waals surface area contributed by atoms with Crippen LogP contribution in [0.1, 0.15) is 58.8 Å². The molecule has 92 valence electrons. The van der Waals surface area contributed by atoms with E-state index in [2.05, 4.69) is 13.0 Å². The van der Waals surface area contributed by atoms with Crippen molar-refractivity contribution in [2.75, 3.05) is 0 Å². The fourth-order valence-electron chi connectivity index (χ4n) is 1.43. The Morgan fingerprint density at radius 1 is 1.12 bits per heavy atom. The van der Waals surface area contributed by atoms with Crippen molar-refractivity contribution in [1.82, 2.24) is 0 Å². The average molecular weight is 223 g/mol. The third-order valence-electron chi connectivity index (χ3n) is 2.60. The van der Waals surface area contributed by atoms with Crippen LogP contribution in [0.4, 0.5) is 0 Å². The molecule has 0 aromatic carbocycles. The predicted octanol–water partition coefficient (Wildman–Crippen LogP) is 3.72. The SMILES string of the molecule is CCCCCCCC/C=C/C=C(\C)C(N)=O. The summed E-state index contributed by atoms with van der Waals surface area (Å²) in [5.74, 6) is -0.343. The Morgan fingerprint density at radius 2 is 1.75 bits per heavy atom. The predicted molar refractivity (Wildman–Crippen MR) is 70.1 cm³/mol. The molecule has 0 atom stereocenters. The van der Waals surface area contributed by atoms with Crippen LogP contribution in [-0.4, -0.2) is 5.91 Å². The molecule has 0 aliphatic rings. The van der Waals surface area contributed by atoms with E-state index in [1.54, 1.807) is 13.0 Å². The summed E-state index contributed by atoms with van der Waals surface area (Å²) in [7, 11) is 0. The molecule has 2 nitrogen and oxygen atoms in total. The normalized spacial score (nSPS) is 12.2. The molecule has 0 aromatic rings. The Morgan fingerprint density at radius 3 is 2.38 bits per heavy atom. The smallest absolute Gasteiger partial charge is 0.244 e. The minimum absolute atomic E-state index is 0.343. The van der Waals surface area contributed by atoms with Gasteiger partial charge in [-0.25, -0.2) is 0 Å². The lowest BCUT2D eigenvalue weighted by Gasteiger charge is -1.97. The quantitative estimate of drug-likeness (QED) is 0.361. The van der Waals surface area contributed by atoms with Crippen molar-refractivity contribution in [2.45, 2.75) is 58.8 Å². The van der Waals surface area contributed by atoms with Crippen LogP contribution in [0.5, 0.6) is 0 Å². The second-order valence-electron chi connectivity index (χ2n) is 4.20. The summed E-state index contributed by atoms with van der Waals surface area (Å²) in [5, 5.41) is 0. The van der Waals surface area contributed by atoms with Gasteiger partial charge in [0.2, 0.25) is 5.91 Å². The number of primary amides is 1. The molecule has 0 saturated heterocycles. The second kappa shape index (κ2) is 10.5. The van der Waals surface area contributed by atoms with Gasteiger partial charge in [-0.05, 0) is 19.8 Å². The molecule has 0 aliphatic heterocycles. The van der Waals surface area contributed by atoms with E-state index in [9.17, 15) is 4.79 Å². The first-order valence-corrected chi connectivity index (χ1v) is 6.31. The fourth-order valence-corrected chi connectivity index (χ4v) is 1.43. The molecule has 1 amide bonds. The number of hydrogen-bond acceptors (Lipinski definition) is 1. The number of rotatable bonds is 9. The van der Waals surface area contributed by atoms with Crippen LogP contribution >= 0.6 is 0 Å². The Hall–Kier alpha value is -1.05. The van der Waals surface area contributed by atoms with Gasteiger partial charge in [0.15, 0.2) is 0 Å². The lowest BCUT2D eigenvalue weighted by atomic mass is 10.1. The van der Waals surface area contributed by atoms with Crippen LogP contribution in [0, 0.1) is 0 Å². The van der Waals surface area contributed by atoms with E-state index in [1.807, 2.05) is 6.08 Å². The molecule has 0 aromatic heterocycles. The number of unbranched alkanes of at least 4 members (excludes halogenated alkanes) is 6. The lowest BCUT2D eigenvalue weighted by Crippen LogP contribution is -2.11. The number of amides is 1. The van der Waals surface area contributed by atoms with Crippen molar-refractivity contribution in [3.05, 3.63) is 23.8 Å². The molecular formula is C14H25NO. The lowest BCUT2D eigenvalue weighted by molar-refractivity contribution is -0.114. The summed E-state index contributed by atoms with van der Waals surface area (Å²) in [6.45, 7) is 3.97. The number of allylic oxidation sites excluding steroid dienone is 3. The monoisotopic (exact) mass is 223 g/mol. The molecule has 0 rings (SSSR count). The summed E-state index contributed by atoms with van der Waals surface area (Å²) >= 11 is 0. The molecule has 0 unspecified atom stereocenters. The van der Waals surface area contributed by atoms with Gasteiger partial charge in [-0.1, -0.05) is 57.3 Å². The van der Waals surface area contributed by atoms with Crippen molar-refractivity contribution in [1.29, 1.82) is 0 Å². The summed E-state index contributed by atoms with van der Waals surface area (Å²) in [6, 6.07) is 0. The number of carbonyl (C=O) groups excluding carboxylic acids is 1. The zero-order valence-electron chi connectivity index (χ0n) is 10.7. The highest BCUT2D eigenvalue weighted by Gasteiger charge is 1.92. The molecule has 0 bridgehead atoms. The zero-order valence-corrected chi connectivity index (χ0v) is 10.7. The van der Waals surface area contributed by atoms with Crippen LogP contribution in [0.3, 0.4) is 0 Å². The Labute approximate surface area is 99.6 Å². The third kappa shape index (κ3) is 9.50. The summed E-state index contributed by atoms with van der Waals surface area (Å²) in [4.78, 5) is 10.7. The first-order valence-electron chi connectivity index (χ1n) is 6.31. The molecule has 0 heterocycles. The maximum Gasteiger partial charge on any atom is 0.244 e. The van der Waals surface area contributed by atoms with E-state index in [-0.39, 0.29) is 5.91 Å². The molecular weight excluding hydrogens is 198 g/mol. The van der Waals surface area contributed by atoms with Crippen LogP contribution in [0.15, 0.2) is 23.8 Å². The molecule has 16 heavy (non-hydrogen) atoms. The van der Waals surface area contributed by atoms with E-state index >= 15 is 0 Å². The van der Waals surface area contributed by atoms with Gasteiger partial charge >= 0.3 is 0 Å². The Balaban J connectivity index is 3.41. The highest BCUT2D eigenvalue weighted by atomic mass is 16.1. The van der Waals surface area contributed by atoms with Gasteiger partial charge < -0.3 is 5.73 Å². The minimum atomic E-state index is -0.343. The Kier molecular flexibility index (Phi) is 9.78. The molecule has 2 heteroatoms. The molecule has 0 spiro atoms. The van der Waals surface area contributed by atoms with Crippen molar-refractivity contribution in [2.24, 2.45) is 5.73 Å². The number of carbonyl (C=O) groups is 1. The first kappa shape index (κ1) is 14.9. The van der Waals surface area contributed by atoms with Crippen LogP contribution in [0.2, 0.25) is 0 Å². The average Bonchev–Trinajstić information content (AvgIpc) is 2.26. The topological polar surface area (TPSA) is 43.1 Å². The zero-order chi connectivity index (χ0) is 12.2. The van der Waals surface area contributed by atoms with E-state index in [0.29, 0.717) is 5.57 Å². The number of nitrogens with two attached hydrogens (primary N) is 1. The molecule has 0 radical (unpaired) electrons. The van der Waals surface area contributed by atoms with E-state index < -0.39 is 0 Å². The van der Waals surface area contributed by atoms with Gasteiger partial charge in [0.05, 0.1) is 0 Å². The summed E-state index contributed by atoms with van der Waals surface area (Å²) in [5.41, 5.74) is 5.71. The molecule has 0 saturated carbocycles. The largest absolute Gasteiger partial charge is 0.366 e. The van der Waals surface area contributed by atoms with Gasteiger partial charge in [0, 0.05) is 5.57 Å². The van der Waals surface area contributed by atoms with Crippen molar-refractivity contribution in [3.8, 4) is 0 Å². The standard InChI is InChI=1S/C14H25NO/c1-3-4-5-6-7-8-9-10-11-12-13(2)14(15)16/h10-12H,3-9H2,1-2H3,(H2,15,16)/b11-10+,13-12+. The van der Waals surface area contributed by atoms with E-state index in [4.69, 9.17) is 5.73 Å². The van der Waals surface area contributed by atoms with Crippen molar-refractivity contribution in [3.63, 3.8) is 0 Å². The van der Waals surface area contributed by atoms with Gasteiger partial charge in [0.25, 0.3) is 0 Å². The maximum absolute atomic E-state index is 10.7. The van der Waals surface area contributed by atoms with Crippen molar-refractivity contribution >= 4 is 5.91 Å². The van der Waals surface area contributed by atoms with Gasteiger partial charge in [-0.15, -0.1) is 0 Å². The fraction of sp³-hybridized carbons (Fsp3) is 0.643. The van der Waals surface area contributed by atoms with Crippen molar-refractivity contribution < 1.29 is 4.79 Å². The minimum Gasteiger partial charge on any atom is -0.366 e. The maximum atomic E-state index is 10.7. The molecule has 0 fully saturated rings. The molecule has 2 N–H and O–H groups in total. The second-order valence-corrected chi connectivity index (χ2v) is 4.20. The third-order valence-corrected chi connectivity index (χ3v) is 2.60. The summed E-state index contributed by atoms with van der Waals surface area (Å²) in [6.07, 6.45) is 14.8. The van der Waals surface area contributed by atoms with E-state index in [1.165, 1.54) is 38.5 Å².